The molecule has 74 valence electrons. The van der Waals surface area contributed by atoms with Crippen LogP contribution < -0.4 is 13.1 Å². The highest BCUT2D eigenvalue weighted by Gasteiger charge is 2.18. The number of carbonyl (C=O) groups is 1. The molecular formula is C9H8INO3. The number of nitrogens with one attached hydrogen (secondary N) is 1. The minimum atomic E-state index is -0.137. The van der Waals surface area contributed by atoms with E-state index in [9.17, 15) is 4.79 Å². The molecule has 0 aliphatic carbocycles. The summed E-state index contributed by atoms with van der Waals surface area (Å²) < 4.78 is 10.4. The molecule has 1 aliphatic heterocycles. The molecule has 5 heteroatoms. The number of amides is 1. The summed E-state index contributed by atoms with van der Waals surface area (Å²) in [7, 11) is 0. The highest BCUT2D eigenvalue weighted by atomic mass is 127. The normalized spacial score (nSPS) is 14.0. The quantitative estimate of drug-likeness (QED) is 0.808. The fraction of sp³-hybridized carbons (Fsp3) is 0.222. The Labute approximate surface area is 95.3 Å². The molecule has 0 unspecified atom stereocenters. The van der Waals surface area contributed by atoms with Crippen LogP contribution in [0.15, 0.2) is 12.1 Å². The molecule has 2 rings (SSSR count). The number of carbonyl (C=O) groups excluding carboxylic acids is 1. The van der Waals surface area contributed by atoms with Crippen molar-refractivity contribution < 1.29 is 12.6 Å². The number of benzene rings is 1. The number of anilines is 1. The van der Waals surface area contributed by atoms with Crippen LogP contribution in [0.25, 0.3) is 0 Å². The molecule has 0 atom stereocenters. The highest BCUT2D eigenvalue weighted by Crippen LogP contribution is 2.35. The molecule has 0 bridgehead atoms. The van der Waals surface area contributed by atoms with Gasteiger partial charge in [0, 0.05) is 6.07 Å². The van der Waals surface area contributed by atoms with E-state index < -0.39 is 0 Å². The zero-order valence-corrected chi connectivity index (χ0v) is 9.62. The standard InChI is InChI=1S/C9H8INO3/c1-5-2-6(14-10)3-7-9(5)13-4-8(12)11-7/h2-3H,4H2,1H3,(H,11,12). The molecule has 0 saturated carbocycles. The van der Waals surface area contributed by atoms with Gasteiger partial charge in [-0.1, -0.05) is 0 Å². The van der Waals surface area contributed by atoms with Crippen LogP contribution in [0, 0.1) is 6.92 Å². The number of aryl methyl sites for hydroxylation is 1. The summed E-state index contributed by atoms with van der Waals surface area (Å²) in [5, 5.41) is 2.73. The van der Waals surface area contributed by atoms with Crippen LogP contribution in [0.4, 0.5) is 5.69 Å². The van der Waals surface area contributed by atoms with Crippen molar-refractivity contribution >= 4 is 34.6 Å². The molecule has 1 amide bonds. The number of hydrogen-bond donors (Lipinski definition) is 1. The third kappa shape index (κ3) is 1.63. The van der Waals surface area contributed by atoms with Gasteiger partial charge in [-0.15, -0.1) is 0 Å². The maximum absolute atomic E-state index is 11.1. The molecule has 0 saturated heterocycles. The fourth-order valence-electron chi connectivity index (χ4n) is 1.39. The number of hydrogen-bond acceptors (Lipinski definition) is 3. The summed E-state index contributed by atoms with van der Waals surface area (Å²) in [4.78, 5) is 11.1. The Morgan fingerprint density at radius 1 is 1.57 bits per heavy atom. The SMILES string of the molecule is Cc1cc(OI)cc2c1OCC(=O)N2. The Kier molecular flexibility index (Phi) is 2.49. The predicted octanol–water partition coefficient (Wildman–Crippen LogP) is 2.05. The molecule has 4 nitrogen and oxygen atoms in total. The predicted molar refractivity (Wildman–Crippen MR) is 60.0 cm³/mol. The second kappa shape index (κ2) is 3.64. The molecule has 1 aromatic rings. The van der Waals surface area contributed by atoms with Crippen LogP contribution >= 0.6 is 23.0 Å². The van der Waals surface area contributed by atoms with E-state index in [-0.39, 0.29) is 12.5 Å². The van der Waals surface area contributed by atoms with Crippen LogP contribution in [-0.2, 0) is 4.79 Å². The van der Waals surface area contributed by atoms with Gasteiger partial charge in [-0.2, -0.15) is 0 Å². The first-order valence-electron chi connectivity index (χ1n) is 4.06. The van der Waals surface area contributed by atoms with Crippen molar-refractivity contribution in [1.82, 2.24) is 0 Å². The molecule has 1 heterocycles. The minimum Gasteiger partial charge on any atom is -0.481 e. The Bertz CT molecular complexity index is 392. The zero-order valence-electron chi connectivity index (χ0n) is 7.46. The lowest BCUT2D eigenvalue weighted by Crippen LogP contribution is -2.25. The highest BCUT2D eigenvalue weighted by molar-refractivity contribution is 14.1. The lowest BCUT2D eigenvalue weighted by molar-refractivity contribution is -0.118. The average molecular weight is 305 g/mol. The molecular weight excluding hydrogens is 297 g/mol. The number of halogens is 1. The molecule has 1 aliphatic rings. The lowest BCUT2D eigenvalue weighted by Gasteiger charge is -2.20. The van der Waals surface area contributed by atoms with E-state index in [0.717, 1.165) is 11.3 Å². The van der Waals surface area contributed by atoms with E-state index in [4.69, 9.17) is 7.80 Å². The Morgan fingerprint density at radius 2 is 2.36 bits per heavy atom. The van der Waals surface area contributed by atoms with E-state index in [1.165, 1.54) is 0 Å². The summed E-state index contributed by atoms with van der Waals surface area (Å²) >= 11 is 1.80. The third-order valence-electron chi connectivity index (χ3n) is 1.96. The number of rotatable bonds is 1. The second-order valence-electron chi connectivity index (χ2n) is 3.03. The van der Waals surface area contributed by atoms with Crippen LogP contribution in [0.1, 0.15) is 5.56 Å². The molecule has 0 aromatic heterocycles. The van der Waals surface area contributed by atoms with E-state index in [1.807, 2.05) is 13.0 Å². The molecule has 14 heavy (non-hydrogen) atoms. The number of ether oxygens (including phenoxy) is 1. The van der Waals surface area contributed by atoms with Gasteiger partial charge in [-0.3, -0.25) is 4.79 Å². The Hall–Kier alpha value is -0.980. The van der Waals surface area contributed by atoms with Gasteiger partial charge in [0.1, 0.15) is 11.5 Å². The van der Waals surface area contributed by atoms with Crippen LogP contribution in [0.2, 0.25) is 0 Å². The fourth-order valence-corrected chi connectivity index (χ4v) is 1.65. The van der Waals surface area contributed by atoms with Crippen molar-refractivity contribution in [3.05, 3.63) is 17.7 Å². The first kappa shape index (κ1) is 9.57. The van der Waals surface area contributed by atoms with Crippen LogP contribution in [0.5, 0.6) is 11.5 Å². The Morgan fingerprint density at radius 3 is 3.07 bits per heavy atom. The molecule has 0 radical (unpaired) electrons. The minimum absolute atomic E-state index is 0.0816. The van der Waals surface area contributed by atoms with Crippen molar-refractivity contribution in [3.63, 3.8) is 0 Å². The second-order valence-corrected chi connectivity index (χ2v) is 3.47. The first-order valence-corrected chi connectivity index (χ1v) is 4.94. The van der Waals surface area contributed by atoms with Crippen molar-refractivity contribution in [2.75, 3.05) is 11.9 Å². The van der Waals surface area contributed by atoms with Gasteiger partial charge in [-0.25, -0.2) is 0 Å². The van der Waals surface area contributed by atoms with Crippen molar-refractivity contribution in [2.45, 2.75) is 6.92 Å². The van der Waals surface area contributed by atoms with Crippen molar-refractivity contribution in [2.24, 2.45) is 0 Å². The van der Waals surface area contributed by atoms with Gasteiger partial charge in [0.05, 0.1) is 5.69 Å². The van der Waals surface area contributed by atoms with Gasteiger partial charge >= 0.3 is 0 Å². The van der Waals surface area contributed by atoms with E-state index in [1.54, 1.807) is 29.1 Å². The largest absolute Gasteiger partial charge is 0.481 e. The van der Waals surface area contributed by atoms with E-state index >= 15 is 0 Å². The summed E-state index contributed by atoms with van der Waals surface area (Å²) in [6, 6.07) is 3.61. The monoisotopic (exact) mass is 305 g/mol. The van der Waals surface area contributed by atoms with Gasteiger partial charge in [0.25, 0.3) is 5.91 Å². The average Bonchev–Trinajstić information content (AvgIpc) is 2.16. The summed E-state index contributed by atoms with van der Waals surface area (Å²) in [5.74, 6) is 1.29. The maximum atomic E-state index is 11.1. The summed E-state index contributed by atoms with van der Waals surface area (Å²) in [6.07, 6.45) is 0. The van der Waals surface area contributed by atoms with Crippen LogP contribution in [0.3, 0.4) is 0 Å². The summed E-state index contributed by atoms with van der Waals surface area (Å²) in [6.45, 7) is 1.99. The Balaban J connectivity index is 2.48. The molecule has 0 spiro atoms. The lowest BCUT2D eigenvalue weighted by atomic mass is 10.1. The molecule has 1 aromatic carbocycles. The van der Waals surface area contributed by atoms with Crippen molar-refractivity contribution in [1.29, 1.82) is 0 Å². The van der Waals surface area contributed by atoms with Gasteiger partial charge in [0.15, 0.2) is 29.6 Å². The zero-order chi connectivity index (χ0) is 10.1. The molecule has 0 fully saturated rings. The van der Waals surface area contributed by atoms with Crippen LogP contribution in [-0.4, -0.2) is 12.5 Å². The maximum Gasteiger partial charge on any atom is 0.262 e. The number of fused-ring (bicyclic) bond motifs is 1. The van der Waals surface area contributed by atoms with Gasteiger partial charge < -0.3 is 13.1 Å². The smallest absolute Gasteiger partial charge is 0.262 e. The molecule has 1 N–H and O–H groups in total. The van der Waals surface area contributed by atoms with Crippen molar-refractivity contribution in [3.8, 4) is 11.5 Å². The first-order chi connectivity index (χ1) is 6.70. The van der Waals surface area contributed by atoms with Gasteiger partial charge in [-0.05, 0) is 18.6 Å². The van der Waals surface area contributed by atoms with E-state index in [0.29, 0.717) is 11.4 Å². The van der Waals surface area contributed by atoms with Gasteiger partial charge in [0.2, 0.25) is 0 Å². The third-order valence-corrected chi connectivity index (χ3v) is 2.47. The topological polar surface area (TPSA) is 47.6 Å². The van der Waals surface area contributed by atoms with E-state index in [2.05, 4.69) is 5.32 Å². The summed E-state index contributed by atoms with van der Waals surface area (Å²) in [5.41, 5.74) is 1.63.